The molecular formula is C39H53F17O3Si. The lowest BCUT2D eigenvalue weighted by Crippen LogP contribution is -2.74. The molecule has 4 atom stereocenters. The van der Waals surface area contributed by atoms with E-state index in [4.69, 9.17) is 13.9 Å². The maximum Gasteiger partial charge on any atom is 0.460 e. The van der Waals surface area contributed by atoms with E-state index in [0.29, 0.717) is 24.0 Å². The molecule has 60 heavy (non-hydrogen) atoms. The van der Waals surface area contributed by atoms with Crippen molar-refractivity contribution in [3.8, 4) is 5.75 Å². The van der Waals surface area contributed by atoms with Crippen molar-refractivity contribution in [2.75, 3.05) is 13.2 Å². The minimum Gasteiger partial charge on any atom is -0.494 e. The van der Waals surface area contributed by atoms with E-state index in [1.54, 1.807) is 0 Å². The van der Waals surface area contributed by atoms with Gasteiger partial charge in [-0.25, -0.2) is 0 Å². The SMILES string of the molecule is C[C@H](C/C=C/[C@@H](C)C/C=C/[C@@H](C)[C@@H](C)OCc1ccc(OCCCC(F)(F)C(F)(F)C(F)(F)C(F)(F)C(F)(F)C(F)(F)C(F)(F)C(F)(F)F)cc1)CO[Si](C)(C)C(C)(C)C. The van der Waals surface area contributed by atoms with Crippen LogP contribution in [0.15, 0.2) is 48.6 Å². The van der Waals surface area contributed by atoms with Crippen molar-refractivity contribution in [1.29, 1.82) is 0 Å². The molecule has 0 bridgehead atoms. The predicted octanol–water partition coefficient (Wildman–Crippen LogP) is 14.6. The fourth-order valence-electron chi connectivity index (χ4n) is 4.82. The summed E-state index contributed by atoms with van der Waals surface area (Å²) in [7, 11) is -1.81. The first-order valence-electron chi connectivity index (χ1n) is 18.8. The molecule has 0 aromatic heterocycles. The molecule has 0 fully saturated rings. The Morgan fingerprint density at radius 1 is 0.617 bits per heavy atom. The molecule has 0 aliphatic carbocycles. The second kappa shape index (κ2) is 19.9. The third kappa shape index (κ3) is 12.5. The Hall–Kier alpha value is -2.55. The van der Waals surface area contributed by atoms with Crippen LogP contribution in [-0.2, 0) is 15.8 Å². The Bertz CT molecular complexity index is 1540. The Balaban J connectivity index is 2.70. The first-order chi connectivity index (χ1) is 26.7. The van der Waals surface area contributed by atoms with E-state index in [1.807, 2.05) is 19.9 Å². The lowest BCUT2D eigenvalue weighted by molar-refractivity contribution is -0.461. The van der Waals surface area contributed by atoms with Gasteiger partial charge in [-0.05, 0) is 79.8 Å². The molecule has 0 aliphatic rings. The molecule has 1 aromatic carbocycles. The van der Waals surface area contributed by atoms with Crippen LogP contribution < -0.4 is 4.74 Å². The van der Waals surface area contributed by atoms with Crippen LogP contribution in [0.4, 0.5) is 74.6 Å². The number of benzene rings is 1. The summed E-state index contributed by atoms with van der Waals surface area (Å²) in [5, 5.41) is 0.144. The van der Waals surface area contributed by atoms with Gasteiger partial charge in [0, 0.05) is 13.0 Å². The van der Waals surface area contributed by atoms with Crippen molar-refractivity contribution in [2.45, 2.75) is 153 Å². The molecule has 0 radical (unpaired) electrons. The highest BCUT2D eigenvalue weighted by Gasteiger charge is 2.95. The second-order valence-electron chi connectivity index (χ2n) is 16.6. The molecule has 0 unspecified atom stereocenters. The maximum absolute atomic E-state index is 14.2. The molecule has 3 nitrogen and oxygen atoms in total. The highest BCUT2D eigenvalue weighted by Crippen LogP contribution is 2.64. The smallest absolute Gasteiger partial charge is 0.460 e. The van der Waals surface area contributed by atoms with E-state index in [9.17, 15) is 74.6 Å². The van der Waals surface area contributed by atoms with Gasteiger partial charge in [0.2, 0.25) is 0 Å². The fraction of sp³-hybridized carbons (Fsp3) is 0.744. The summed E-state index contributed by atoms with van der Waals surface area (Å²) in [6.45, 7) is 18.9. The molecule has 350 valence electrons. The largest absolute Gasteiger partial charge is 0.494 e. The van der Waals surface area contributed by atoms with Gasteiger partial charge in [-0.15, -0.1) is 0 Å². The van der Waals surface area contributed by atoms with Crippen LogP contribution in [0.5, 0.6) is 5.75 Å². The summed E-state index contributed by atoms with van der Waals surface area (Å²) in [6.07, 6.45) is -1.89. The van der Waals surface area contributed by atoms with Crippen LogP contribution in [0.3, 0.4) is 0 Å². The third-order valence-electron chi connectivity index (χ3n) is 10.4. The van der Waals surface area contributed by atoms with Crippen LogP contribution in [0.1, 0.15) is 79.7 Å². The van der Waals surface area contributed by atoms with Gasteiger partial charge in [-0.3, -0.25) is 0 Å². The van der Waals surface area contributed by atoms with Crippen LogP contribution in [0.2, 0.25) is 18.1 Å². The van der Waals surface area contributed by atoms with Crippen LogP contribution in [-0.4, -0.2) is 75.3 Å². The van der Waals surface area contributed by atoms with Gasteiger partial charge < -0.3 is 13.9 Å². The maximum atomic E-state index is 14.2. The van der Waals surface area contributed by atoms with Gasteiger partial charge in [-0.1, -0.05) is 78.0 Å². The molecular weight excluding hydrogens is 867 g/mol. The molecule has 0 saturated heterocycles. The molecule has 1 rings (SSSR count). The summed E-state index contributed by atoms with van der Waals surface area (Å²) >= 11 is 0. The lowest BCUT2D eigenvalue weighted by atomic mass is 9.88. The van der Waals surface area contributed by atoms with Gasteiger partial charge in [-0.2, -0.15) is 74.6 Å². The number of allylic oxidation sites excluding steroid dienone is 3. The van der Waals surface area contributed by atoms with Gasteiger partial charge in [0.1, 0.15) is 5.75 Å². The average Bonchev–Trinajstić information content (AvgIpc) is 3.10. The molecule has 0 aliphatic heterocycles. The van der Waals surface area contributed by atoms with Crippen molar-refractivity contribution >= 4 is 8.32 Å². The van der Waals surface area contributed by atoms with E-state index in [0.717, 1.165) is 12.8 Å². The minimum absolute atomic E-state index is 0.00421. The van der Waals surface area contributed by atoms with Crippen molar-refractivity contribution in [3.63, 3.8) is 0 Å². The molecule has 0 amide bonds. The zero-order valence-corrected chi connectivity index (χ0v) is 35.5. The van der Waals surface area contributed by atoms with Gasteiger partial charge in [0.25, 0.3) is 0 Å². The number of rotatable bonds is 24. The summed E-state index contributed by atoms with van der Waals surface area (Å²) in [4.78, 5) is 0. The fourth-order valence-corrected chi connectivity index (χ4v) is 5.95. The Kier molecular flexibility index (Phi) is 18.4. The summed E-state index contributed by atoms with van der Waals surface area (Å²) < 4.78 is 246. The van der Waals surface area contributed by atoms with Gasteiger partial charge in [0.05, 0.1) is 19.3 Å². The third-order valence-corrected chi connectivity index (χ3v) is 14.9. The Morgan fingerprint density at radius 3 is 1.57 bits per heavy atom. The number of ether oxygens (including phenoxy) is 2. The van der Waals surface area contributed by atoms with Gasteiger partial charge in [0.15, 0.2) is 8.32 Å². The minimum atomic E-state index is -8.65. The molecule has 0 spiro atoms. The number of halogens is 17. The normalized spacial score (nSPS) is 17.0. The van der Waals surface area contributed by atoms with Crippen molar-refractivity contribution < 1.29 is 88.5 Å². The van der Waals surface area contributed by atoms with E-state index in [1.165, 1.54) is 24.3 Å². The molecule has 1 aromatic rings. The quantitative estimate of drug-likeness (QED) is 0.0448. The van der Waals surface area contributed by atoms with Crippen molar-refractivity contribution in [1.82, 2.24) is 0 Å². The van der Waals surface area contributed by atoms with E-state index in [2.05, 4.69) is 65.9 Å². The number of alkyl halides is 17. The van der Waals surface area contributed by atoms with Crippen LogP contribution >= 0.6 is 0 Å². The topological polar surface area (TPSA) is 27.7 Å². The summed E-state index contributed by atoms with van der Waals surface area (Å²) in [5.74, 6) is -55.8. The van der Waals surface area contributed by atoms with E-state index < -0.39 is 75.4 Å². The van der Waals surface area contributed by atoms with Crippen molar-refractivity contribution in [3.05, 3.63) is 54.1 Å². The van der Waals surface area contributed by atoms with Crippen LogP contribution in [0.25, 0.3) is 0 Å². The molecule has 21 heteroatoms. The highest BCUT2D eigenvalue weighted by molar-refractivity contribution is 6.74. The Morgan fingerprint density at radius 2 is 1.08 bits per heavy atom. The lowest BCUT2D eigenvalue weighted by Gasteiger charge is -2.42. The second-order valence-corrected chi connectivity index (χ2v) is 21.4. The standard InChI is InChI=1S/C39H53F17O3Si/c1-25(13-10-15-26(2)23-59-60(8,9)31(5,6)7)14-11-16-27(3)28(4)58-24-29-17-19-30(20-18-29)57-22-12-21-32(40,41)33(42,43)34(44,45)35(46,47)36(48,49)37(50,51)38(52,53)39(54,55)56/h10-11,13,16-20,25-28H,12,14-15,21-24H2,1-9H3/b13-10+,16-11+/t25-,26-,27-,28-/m1/s1. The molecule has 0 N–H and O–H groups in total. The van der Waals surface area contributed by atoms with Crippen LogP contribution in [0, 0.1) is 17.8 Å². The van der Waals surface area contributed by atoms with Gasteiger partial charge >= 0.3 is 47.6 Å². The summed E-state index contributed by atoms with van der Waals surface area (Å²) in [5.41, 5.74) is 0.581. The van der Waals surface area contributed by atoms with Crippen molar-refractivity contribution in [2.24, 2.45) is 17.8 Å². The molecule has 0 heterocycles. The highest BCUT2D eigenvalue weighted by atomic mass is 28.4. The number of hydrogen-bond acceptors (Lipinski definition) is 3. The monoisotopic (exact) mass is 920 g/mol. The molecule has 0 saturated carbocycles. The number of hydrogen-bond donors (Lipinski definition) is 0. The van der Waals surface area contributed by atoms with E-state index >= 15 is 0 Å². The predicted molar refractivity (Wildman–Crippen MR) is 194 cm³/mol. The summed E-state index contributed by atoms with van der Waals surface area (Å²) in [6, 6.07) is 5.40. The zero-order chi connectivity index (χ0) is 47.2. The zero-order valence-electron chi connectivity index (χ0n) is 34.5. The van der Waals surface area contributed by atoms with E-state index in [-0.39, 0.29) is 29.4 Å². The first-order valence-corrected chi connectivity index (χ1v) is 21.7. The Labute approximate surface area is 340 Å². The first kappa shape index (κ1) is 55.5. The average molecular weight is 921 g/mol.